The number of carbonyl (C=O) groups is 6. The van der Waals surface area contributed by atoms with E-state index in [1.165, 1.54) is 4.90 Å². The predicted molar refractivity (Wildman–Crippen MR) is 274 cm³/mol. The van der Waals surface area contributed by atoms with Gasteiger partial charge in [-0.1, -0.05) is 81.3 Å². The van der Waals surface area contributed by atoms with Crippen molar-refractivity contribution in [2.24, 2.45) is 16.9 Å². The molecule has 1 aromatic heterocycles. The fraction of sp³-hybridized carbons (Fsp3) is 0.491. The summed E-state index contributed by atoms with van der Waals surface area (Å²) < 4.78 is 6.17. The Morgan fingerprint density at radius 2 is 1.69 bits per heavy atom. The number of nitrogens with zero attached hydrogens (tertiary/aromatic N) is 3. The molecule has 0 bridgehead atoms. The quantitative estimate of drug-likeness (QED) is 0.0599. The number of aryl methyl sites for hydroxylation is 3. The second-order valence-electron chi connectivity index (χ2n) is 20.2. The first-order valence-electron chi connectivity index (χ1n) is 24.6. The summed E-state index contributed by atoms with van der Waals surface area (Å²) in [5.41, 5.74) is 19.2. The number of nitrogens with one attached hydrogen (secondary N) is 3. The first kappa shape index (κ1) is 52.9. The van der Waals surface area contributed by atoms with E-state index < -0.39 is 53.5 Å². The summed E-state index contributed by atoms with van der Waals surface area (Å²) in [6, 6.07) is 14.7. The van der Waals surface area contributed by atoms with Gasteiger partial charge in [-0.25, -0.2) is 4.98 Å². The third-order valence-corrected chi connectivity index (χ3v) is 15.1. The number of rotatable bonds is 20. The second-order valence-corrected chi connectivity index (χ2v) is 21.5. The molecule has 0 radical (unpaired) electrons. The number of ether oxygens (including phenoxy) is 1. The average molecular weight is 1010 g/mol. The lowest BCUT2D eigenvalue weighted by Gasteiger charge is -2.35. The Morgan fingerprint density at radius 1 is 0.958 bits per heavy atom. The van der Waals surface area contributed by atoms with Crippen LogP contribution in [0.25, 0.3) is 10.4 Å². The number of likely N-dealkylation sites (tertiary alicyclic amines) is 1. The van der Waals surface area contributed by atoms with E-state index in [2.05, 4.69) is 20.9 Å². The number of primary amides is 1. The van der Waals surface area contributed by atoms with Gasteiger partial charge in [-0.05, 0) is 104 Å². The van der Waals surface area contributed by atoms with Crippen LogP contribution in [0.15, 0.2) is 66.2 Å². The van der Waals surface area contributed by atoms with E-state index in [0.717, 1.165) is 44.1 Å². The van der Waals surface area contributed by atoms with Gasteiger partial charge in [-0.2, -0.15) is 0 Å². The van der Waals surface area contributed by atoms with Gasteiger partial charge in [0, 0.05) is 37.3 Å². The second kappa shape index (κ2) is 23.1. The lowest BCUT2D eigenvalue weighted by atomic mass is 9.85. The molecule has 3 aliphatic heterocycles. The van der Waals surface area contributed by atoms with Gasteiger partial charge in [0.05, 0.1) is 46.0 Å². The number of benzene rings is 3. The van der Waals surface area contributed by atoms with E-state index >= 15 is 0 Å². The molecule has 3 aliphatic rings. The van der Waals surface area contributed by atoms with Crippen molar-refractivity contribution in [3.8, 4) is 16.2 Å². The molecule has 0 aliphatic carbocycles. The van der Waals surface area contributed by atoms with Crippen molar-refractivity contribution >= 4 is 64.1 Å². The van der Waals surface area contributed by atoms with E-state index in [1.807, 2.05) is 88.7 Å². The number of β-amino-alcohol motifs (C(OH)–C–C–N with tert-alkyl or cyclic N) is 1. The molecule has 7 rings (SSSR count). The van der Waals surface area contributed by atoms with Crippen LogP contribution in [0.4, 0.5) is 5.69 Å². The van der Waals surface area contributed by atoms with Gasteiger partial charge in [0.2, 0.25) is 35.4 Å². The van der Waals surface area contributed by atoms with Crippen LogP contribution in [0.5, 0.6) is 5.75 Å². The average Bonchev–Trinajstić information content (AvgIpc) is 4.05. The molecular formula is C53H67ClN8O8S. The van der Waals surface area contributed by atoms with Gasteiger partial charge < -0.3 is 42.2 Å². The van der Waals surface area contributed by atoms with Gasteiger partial charge >= 0.3 is 0 Å². The number of aliphatic hydroxyl groups is 1. The number of aliphatic hydroxyl groups excluding tert-OH is 1. The molecule has 18 heteroatoms. The summed E-state index contributed by atoms with van der Waals surface area (Å²) >= 11 is 8.18. The van der Waals surface area contributed by atoms with Crippen LogP contribution in [0.3, 0.4) is 0 Å². The van der Waals surface area contributed by atoms with Gasteiger partial charge in [-0.15, -0.1) is 11.3 Å². The molecule has 4 aromatic rings. The molecule has 0 saturated carbocycles. The first-order valence-corrected chi connectivity index (χ1v) is 25.8. The summed E-state index contributed by atoms with van der Waals surface area (Å²) in [5, 5.41) is 20.2. The molecule has 4 heterocycles. The van der Waals surface area contributed by atoms with E-state index in [1.54, 1.807) is 28.4 Å². The Balaban J connectivity index is 0.886. The highest BCUT2D eigenvalue weighted by molar-refractivity contribution is 7.13. The van der Waals surface area contributed by atoms with Crippen molar-refractivity contribution in [2.45, 2.75) is 148 Å². The van der Waals surface area contributed by atoms with Crippen LogP contribution in [-0.2, 0) is 48.0 Å². The normalized spacial score (nSPS) is 19.9. The zero-order valence-electron chi connectivity index (χ0n) is 41.2. The number of hydrogen-bond donors (Lipinski definition) is 6. The SMILES string of the molecule is Cc1ncsc1-c1ccc([C@H](C)NC(=O)C2C[C@@H](O)CN2C(=O)[C@@H](NC(=O)CCCCCc2cc(OC[C@H](CCC(N)=O)NC(=O)[C@@H]3Cc4cccc5c4N3C(=O)[C@@H](N)CC5)ccc2Cl)C(C)(C)C)cc1. The fourth-order valence-corrected chi connectivity index (χ4v) is 10.8. The molecule has 8 N–H and O–H groups in total. The summed E-state index contributed by atoms with van der Waals surface area (Å²) in [6.07, 6.45) is 3.62. The summed E-state index contributed by atoms with van der Waals surface area (Å²) in [7, 11) is 0. The molecule has 71 heavy (non-hydrogen) atoms. The predicted octanol–water partition coefficient (Wildman–Crippen LogP) is 5.61. The Morgan fingerprint density at radius 3 is 2.39 bits per heavy atom. The first-order chi connectivity index (χ1) is 33.8. The zero-order valence-corrected chi connectivity index (χ0v) is 42.7. The van der Waals surface area contributed by atoms with E-state index in [4.69, 9.17) is 27.8 Å². The molecule has 1 saturated heterocycles. The Kier molecular flexibility index (Phi) is 17.2. The van der Waals surface area contributed by atoms with Crippen LogP contribution in [0.2, 0.25) is 5.02 Å². The number of unbranched alkanes of at least 4 members (excludes halogenated alkanes) is 2. The molecular weight excluding hydrogens is 944 g/mol. The summed E-state index contributed by atoms with van der Waals surface area (Å²) in [4.78, 5) is 88.8. The number of anilines is 1. The molecule has 0 spiro atoms. The topological polar surface area (TPSA) is 239 Å². The van der Waals surface area contributed by atoms with Crippen LogP contribution in [0, 0.1) is 12.3 Å². The van der Waals surface area contributed by atoms with Crippen LogP contribution < -0.4 is 37.1 Å². The molecule has 380 valence electrons. The van der Waals surface area contributed by atoms with Gasteiger partial charge in [0.25, 0.3) is 0 Å². The lowest BCUT2D eigenvalue weighted by Crippen LogP contribution is -2.57. The minimum absolute atomic E-state index is 0.0152. The number of amides is 6. The Labute approximate surface area is 424 Å². The largest absolute Gasteiger partial charge is 0.491 e. The van der Waals surface area contributed by atoms with Gasteiger partial charge in [0.15, 0.2) is 0 Å². The molecule has 6 amide bonds. The lowest BCUT2D eigenvalue weighted by molar-refractivity contribution is -0.144. The molecule has 7 atom stereocenters. The van der Waals surface area contributed by atoms with Crippen molar-refractivity contribution in [3.63, 3.8) is 0 Å². The van der Waals surface area contributed by atoms with Crippen LogP contribution in [0.1, 0.15) is 113 Å². The highest BCUT2D eigenvalue weighted by atomic mass is 35.5. The fourth-order valence-electron chi connectivity index (χ4n) is 9.73. The van der Waals surface area contributed by atoms with E-state index in [9.17, 15) is 33.9 Å². The van der Waals surface area contributed by atoms with Crippen LogP contribution >= 0.6 is 22.9 Å². The van der Waals surface area contributed by atoms with Crippen molar-refractivity contribution in [1.29, 1.82) is 0 Å². The number of carbonyl (C=O) groups excluding carboxylic acids is 6. The molecule has 3 aromatic carbocycles. The smallest absolute Gasteiger partial charge is 0.246 e. The number of halogens is 1. The third-order valence-electron chi connectivity index (χ3n) is 13.7. The molecule has 16 nitrogen and oxygen atoms in total. The number of nitrogens with two attached hydrogens (primary N) is 2. The number of thiazole rings is 1. The summed E-state index contributed by atoms with van der Waals surface area (Å²) in [6.45, 7) is 9.42. The van der Waals surface area contributed by atoms with Crippen LogP contribution in [-0.4, -0.2) is 99.9 Å². The number of para-hydroxylation sites is 1. The highest BCUT2D eigenvalue weighted by Crippen LogP contribution is 2.39. The van der Waals surface area contributed by atoms with E-state index in [0.29, 0.717) is 55.7 Å². The third kappa shape index (κ3) is 13.0. The molecule has 1 unspecified atom stereocenters. The number of aromatic nitrogens is 1. The van der Waals surface area contributed by atoms with Crippen molar-refractivity contribution in [2.75, 3.05) is 18.1 Å². The standard InChI is InChI=1S/C53H67ClN8O8S/c1-30(32-14-16-34(17-15-32)47-31(2)57-29-71-47)58-49(66)42-26-38(63)27-61(42)52(69)48(53(3,4)5)60-45(65)13-8-6-7-10-35-24-39(20-21-40(35)54)70-28-37(19-23-44(56)64)59-50(67)43-25-36-12-9-11-33-18-22-41(55)51(68)62(43)46(33)36/h9,11-12,14-17,20-21,24,29-30,37-38,41-43,48,63H,6-8,10,13,18-19,22-23,25-28,55H2,1-5H3,(H2,56,64)(H,58,66)(H,59,67)(H,60,65)/t30-,37-,38+,41-,42?,43-,48+/m0/s1. The monoisotopic (exact) mass is 1010 g/mol. The van der Waals surface area contributed by atoms with Gasteiger partial charge in [0.1, 0.15) is 30.5 Å². The maximum absolute atomic E-state index is 14.2. The minimum Gasteiger partial charge on any atom is -0.491 e. The maximum atomic E-state index is 14.2. The van der Waals surface area contributed by atoms with Crippen molar-refractivity contribution in [1.82, 2.24) is 25.8 Å². The van der Waals surface area contributed by atoms with Crippen molar-refractivity contribution in [3.05, 3.63) is 99.1 Å². The molecule has 1 fully saturated rings. The van der Waals surface area contributed by atoms with Crippen molar-refractivity contribution < 1.29 is 38.6 Å². The maximum Gasteiger partial charge on any atom is 0.246 e. The Bertz CT molecular complexity index is 2600. The number of hydrogen-bond acceptors (Lipinski definition) is 11. The minimum atomic E-state index is -0.938. The van der Waals surface area contributed by atoms with E-state index in [-0.39, 0.29) is 68.5 Å². The van der Waals surface area contributed by atoms with Gasteiger partial charge in [-0.3, -0.25) is 33.7 Å². The summed E-state index contributed by atoms with van der Waals surface area (Å²) in [5.74, 6) is -1.75. The Hall–Kier alpha value is -5.88. The highest BCUT2D eigenvalue weighted by Gasteiger charge is 2.45. The zero-order chi connectivity index (χ0) is 51.1.